The molecule has 176 valence electrons. The first kappa shape index (κ1) is 22.6. The lowest BCUT2D eigenvalue weighted by Crippen LogP contribution is -2.41. The van der Waals surface area contributed by atoms with E-state index in [9.17, 15) is 9.59 Å². The minimum Gasteiger partial charge on any atom is -0.370 e. The van der Waals surface area contributed by atoms with Crippen molar-refractivity contribution in [3.05, 3.63) is 65.4 Å². The molecular weight excluding hydrogens is 456 g/mol. The minimum absolute atomic E-state index is 0.0508. The van der Waals surface area contributed by atoms with E-state index in [0.717, 1.165) is 36.3 Å². The molecule has 0 aliphatic carbocycles. The highest BCUT2D eigenvalue weighted by atomic mass is 35.5. The van der Waals surface area contributed by atoms with Gasteiger partial charge in [0.25, 0.3) is 5.91 Å². The van der Waals surface area contributed by atoms with Crippen LogP contribution >= 0.6 is 11.6 Å². The van der Waals surface area contributed by atoms with Crippen molar-refractivity contribution in [3.63, 3.8) is 0 Å². The van der Waals surface area contributed by atoms with Gasteiger partial charge in [-0.2, -0.15) is 0 Å². The third-order valence-electron chi connectivity index (χ3n) is 6.16. The lowest BCUT2D eigenvalue weighted by atomic mass is 10.1. The van der Waals surface area contributed by atoms with Crippen LogP contribution in [0.4, 0.5) is 11.4 Å². The van der Waals surface area contributed by atoms with E-state index in [1.165, 1.54) is 0 Å². The van der Waals surface area contributed by atoms with E-state index in [4.69, 9.17) is 20.9 Å². The van der Waals surface area contributed by atoms with Crippen molar-refractivity contribution in [3.8, 4) is 11.3 Å². The Morgan fingerprint density at radius 1 is 1.12 bits per heavy atom. The maximum Gasteiger partial charge on any atom is 0.253 e. The second-order valence-electron chi connectivity index (χ2n) is 8.45. The molecule has 2 aliphatic rings. The van der Waals surface area contributed by atoms with Gasteiger partial charge in [-0.1, -0.05) is 28.9 Å². The number of likely N-dealkylation sites (tertiary alicyclic amines) is 1. The highest BCUT2D eigenvalue weighted by molar-refractivity contribution is 6.30. The molecule has 2 aliphatic heterocycles. The van der Waals surface area contributed by atoms with E-state index in [1.807, 2.05) is 54.6 Å². The number of nitrogens with one attached hydrogen (secondary N) is 1. The summed E-state index contributed by atoms with van der Waals surface area (Å²) in [5.41, 5.74) is 3.17. The Hall–Kier alpha value is -3.20. The summed E-state index contributed by atoms with van der Waals surface area (Å²) in [6, 6.07) is 16.4. The van der Waals surface area contributed by atoms with Crippen LogP contribution in [0, 0.1) is 0 Å². The number of benzene rings is 2. The number of nitrogens with zero attached hydrogens (tertiary/aromatic N) is 3. The third kappa shape index (κ3) is 4.99. The molecule has 2 amide bonds. The molecule has 34 heavy (non-hydrogen) atoms. The van der Waals surface area contributed by atoms with Crippen molar-refractivity contribution in [2.45, 2.75) is 25.4 Å². The predicted molar refractivity (Wildman–Crippen MR) is 129 cm³/mol. The fourth-order valence-corrected chi connectivity index (χ4v) is 4.52. The summed E-state index contributed by atoms with van der Waals surface area (Å²) in [5, 5.41) is 7.85. The van der Waals surface area contributed by atoms with Gasteiger partial charge in [-0.15, -0.1) is 0 Å². The van der Waals surface area contributed by atoms with E-state index < -0.39 is 0 Å². The summed E-state index contributed by atoms with van der Waals surface area (Å²) < 4.78 is 10.7. The van der Waals surface area contributed by atoms with Gasteiger partial charge in [0.1, 0.15) is 12.3 Å². The van der Waals surface area contributed by atoms with Crippen molar-refractivity contribution in [1.29, 1.82) is 0 Å². The van der Waals surface area contributed by atoms with Gasteiger partial charge < -0.3 is 19.5 Å². The zero-order valence-corrected chi connectivity index (χ0v) is 19.3. The smallest absolute Gasteiger partial charge is 0.253 e. The van der Waals surface area contributed by atoms with Crippen molar-refractivity contribution in [2.75, 3.05) is 36.5 Å². The fourth-order valence-electron chi connectivity index (χ4n) is 4.40. The van der Waals surface area contributed by atoms with Crippen LogP contribution in [0.2, 0.25) is 5.02 Å². The van der Waals surface area contributed by atoms with Crippen LogP contribution in [0.15, 0.2) is 59.1 Å². The highest BCUT2D eigenvalue weighted by Crippen LogP contribution is 2.26. The monoisotopic (exact) mass is 480 g/mol. The average Bonchev–Trinajstić information content (AvgIpc) is 3.51. The normalized spacial score (nSPS) is 18.9. The SMILES string of the molecule is O=C(Nc1ccc(N2CCOCC2=O)cc1)[C@H]1CCCN1Cc1cc(-c2ccc(Cl)cc2)no1. The largest absolute Gasteiger partial charge is 0.370 e. The van der Waals surface area contributed by atoms with Crippen LogP contribution in [0.1, 0.15) is 18.6 Å². The number of morpholine rings is 1. The molecule has 8 nitrogen and oxygen atoms in total. The molecule has 0 radical (unpaired) electrons. The predicted octanol–water partition coefficient (Wildman–Crippen LogP) is 3.96. The van der Waals surface area contributed by atoms with E-state index >= 15 is 0 Å². The van der Waals surface area contributed by atoms with Crippen LogP contribution < -0.4 is 10.2 Å². The van der Waals surface area contributed by atoms with Gasteiger partial charge in [-0.3, -0.25) is 14.5 Å². The van der Waals surface area contributed by atoms with Gasteiger partial charge in [0, 0.05) is 34.6 Å². The number of aromatic nitrogens is 1. The Bertz CT molecular complexity index is 1160. The maximum atomic E-state index is 13.0. The Morgan fingerprint density at radius 3 is 2.68 bits per heavy atom. The Labute approximate surface area is 202 Å². The van der Waals surface area contributed by atoms with Gasteiger partial charge in [-0.05, 0) is 55.8 Å². The zero-order chi connectivity index (χ0) is 23.5. The number of hydrogen-bond acceptors (Lipinski definition) is 6. The first-order valence-corrected chi connectivity index (χ1v) is 11.7. The summed E-state index contributed by atoms with van der Waals surface area (Å²) >= 11 is 5.96. The quantitative estimate of drug-likeness (QED) is 0.574. The Kier molecular flexibility index (Phi) is 6.62. The van der Waals surface area contributed by atoms with Crippen LogP contribution in [-0.4, -0.2) is 54.2 Å². The Balaban J connectivity index is 1.20. The average molecular weight is 481 g/mol. The molecule has 9 heteroatoms. The first-order chi connectivity index (χ1) is 16.6. The lowest BCUT2D eigenvalue weighted by Gasteiger charge is -2.27. The van der Waals surface area contributed by atoms with Crippen LogP contribution in [-0.2, 0) is 20.9 Å². The number of hydrogen-bond donors (Lipinski definition) is 1. The van der Waals surface area contributed by atoms with Gasteiger partial charge in [-0.25, -0.2) is 0 Å². The van der Waals surface area contributed by atoms with Crippen molar-refractivity contribution >= 4 is 34.8 Å². The molecule has 0 bridgehead atoms. The molecule has 1 N–H and O–H groups in total. The van der Waals surface area contributed by atoms with Crippen LogP contribution in [0.3, 0.4) is 0 Å². The molecule has 2 aromatic carbocycles. The summed E-state index contributed by atoms with van der Waals surface area (Å²) in [6.07, 6.45) is 1.72. The van der Waals surface area contributed by atoms with Gasteiger partial charge >= 0.3 is 0 Å². The van der Waals surface area contributed by atoms with E-state index in [0.29, 0.717) is 36.2 Å². The molecule has 3 heterocycles. The fraction of sp³-hybridized carbons (Fsp3) is 0.320. The van der Waals surface area contributed by atoms with Gasteiger partial charge in [0.05, 0.1) is 19.2 Å². The molecule has 0 saturated carbocycles. The zero-order valence-electron chi connectivity index (χ0n) is 18.6. The summed E-state index contributed by atoms with van der Waals surface area (Å²) in [7, 11) is 0. The second-order valence-corrected chi connectivity index (χ2v) is 8.88. The molecular formula is C25H25ClN4O4. The molecule has 0 unspecified atom stereocenters. The number of anilines is 2. The van der Waals surface area contributed by atoms with Crippen molar-refractivity contribution < 1.29 is 18.8 Å². The van der Waals surface area contributed by atoms with Crippen LogP contribution in [0.5, 0.6) is 0 Å². The molecule has 5 rings (SSSR count). The van der Waals surface area contributed by atoms with Gasteiger partial charge in [0.15, 0.2) is 5.76 Å². The number of ether oxygens (including phenoxy) is 1. The Morgan fingerprint density at radius 2 is 1.91 bits per heavy atom. The molecule has 1 aromatic heterocycles. The standard InChI is InChI=1S/C25H25ClN4O4/c26-18-5-3-17(4-6-18)22-14-21(34-28-22)15-29-11-1-2-23(29)25(32)27-19-7-9-20(10-8-19)30-12-13-33-16-24(30)31/h3-10,14,23H,1-2,11-13,15-16H2,(H,27,32)/t23-/m1/s1. The first-order valence-electron chi connectivity index (χ1n) is 11.3. The highest BCUT2D eigenvalue weighted by Gasteiger charge is 2.31. The van der Waals surface area contributed by atoms with E-state index in [1.54, 1.807) is 4.90 Å². The summed E-state index contributed by atoms with van der Waals surface area (Å²) in [5.74, 6) is 0.602. The second kappa shape index (κ2) is 9.97. The number of carbonyl (C=O) groups is 2. The molecule has 0 spiro atoms. The topological polar surface area (TPSA) is 87.9 Å². The maximum absolute atomic E-state index is 13.0. The minimum atomic E-state index is -0.246. The number of carbonyl (C=O) groups excluding carboxylic acids is 2. The van der Waals surface area contributed by atoms with Crippen molar-refractivity contribution in [1.82, 2.24) is 10.1 Å². The summed E-state index contributed by atoms with van der Waals surface area (Å²) in [6.45, 7) is 2.48. The lowest BCUT2D eigenvalue weighted by molar-refractivity contribution is -0.125. The van der Waals surface area contributed by atoms with E-state index in [-0.39, 0.29) is 24.5 Å². The molecule has 3 aromatic rings. The van der Waals surface area contributed by atoms with Crippen LogP contribution in [0.25, 0.3) is 11.3 Å². The molecule has 2 saturated heterocycles. The van der Waals surface area contributed by atoms with Crippen molar-refractivity contribution in [2.24, 2.45) is 0 Å². The van der Waals surface area contributed by atoms with Gasteiger partial charge in [0.2, 0.25) is 5.91 Å². The molecule has 1 atom stereocenters. The van der Waals surface area contributed by atoms with E-state index in [2.05, 4.69) is 15.4 Å². The molecule has 2 fully saturated rings. The number of rotatable bonds is 6. The number of amides is 2. The number of halogens is 1. The third-order valence-corrected chi connectivity index (χ3v) is 6.41. The summed E-state index contributed by atoms with van der Waals surface area (Å²) in [4.78, 5) is 28.9.